The maximum absolute atomic E-state index is 13.5. The fourth-order valence-electron chi connectivity index (χ4n) is 4.65. The third-order valence-electron chi connectivity index (χ3n) is 6.01. The van der Waals surface area contributed by atoms with Gasteiger partial charge in [-0.05, 0) is 60.9 Å². The Balaban J connectivity index is 1.68. The highest BCUT2D eigenvalue weighted by Gasteiger charge is 2.43. The van der Waals surface area contributed by atoms with E-state index < -0.39 is 6.04 Å². The van der Waals surface area contributed by atoms with Crippen molar-refractivity contribution in [3.8, 4) is 22.8 Å². The van der Waals surface area contributed by atoms with E-state index in [1.165, 1.54) is 0 Å². The largest absolute Gasteiger partial charge is 0.507 e. The quantitative estimate of drug-likeness (QED) is 0.369. The van der Waals surface area contributed by atoms with Crippen molar-refractivity contribution in [3.63, 3.8) is 0 Å². The SMILES string of the molecule is C=CCOc1cccc([C@H]2c3c(-c4c(C)cc(C)cc4O)n[nH]c3C(=O)N2Cc2ccco2)c1. The summed E-state index contributed by atoms with van der Waals surface area (Å²) in [6, 6.07) is 14.5. The lowest BCUT2D eigenvalue weighted by Crippen LogP contribution is -2.29. The number of fused-ring (bicyclic) bond motifs is 1. The van der Waals surface area contributed by atoms with Crippen LogP contribution in [0.5, 0.6) is 11.5 Å². The number of rotatable bonds is 7. The Morgan fingerprint density at radius 2 is 2.09 bits per heavy atom. The van der Waals surface area contributed by atoms with E-state index in [1.54, 1.807) is 29.4 Å². The summed E-state index contributed by atoms with van der Waals surface area (Å²) in [5, 5.41) is 18.2. The first-order valence-corrected chi connectivity index (χ1v) is 11.0. The number of phenols is 1. The van der Waals surface area contributed by atoms with Gasteiger partial charge in [-0.3, -0.25) is 9.89 Å². The molecule has 2 aromatic heterocycles. The van der Waals surface area contributed by atoms with Gasteiger partial charge in [0.05, 0.1) is 18.8 Å². The molecule has 2 N–H and O–H groups in total. The number of aryl methyl sites for hydroxylation is 2. The molecule has 3 heterocycles. The standard InChI is InChI=1S/C27H25N3O4/c1-4-10-33-19-8-5-7-18(14-19)26-23-24(22-17(3)12-16(2)13-21(22)31)28-29-25(23)27(32)30(26)15-20-9-6-11-34-20/h4-9,11-14,26,31H,1,10,15H2,2-3H3,(H,28,29)/t26-/m0/s1. The van der Waals surface area contributed by atoms with Crippen LogP contribution < -0.4 is 4.74 Å². The molecule has 4 aromatic rings. The Kier molecular flexibility index (Phi) is 5.45. The number of hydrogen-bond acceptors (Lipinski definition) is 5. The maximum Gasteiger partial charge on any atom is 0.273 e. The Morgan fingerprint density at radius 3 is 2.82 bits per heavy atom. The van der Waals surface area contributed by atoms with Gasteiger partial charge in [0.25, 0.3) is 5.91 Å². The molecular weight excluding hydrogens is 430 g/mol. The molecule has 1 atom stereocenters. The summed E-state index contributed by atoms with van der Waals surface area (Å²) in [4.78, 5) is 15.3. The third-order valence-corrected chi connectivity index (χ3v) is 6.01. The highest BCUT2D eigenvalue weighted by atomic mass is 16.5. The Morgan fingerprint density at radius 1 is 1.24 bits per heavy atom. The monoisotopic (exact) mass is 455 g/mol. The van der Waals surface area contributed by atoms with Gasteiger partial charge in [-0.2, -0.15) is 5.10 Å². The number of aromatic nitrogens is 2. The number of hydrogen-bond donors (Lipinski definition) is 2. The van der Waals surface area contributed by atoms with Crippen molar-refractivity contribution in [2.24, 2.45) is 0 Å². The van der Waals surface area contributed by atoms with Gasteiger partial charge in [0.15, 0.2) is 0 Å². The Bertz CT molecular complexity index is 1350. The van der Waals surface area contributed by atoms with Crippen LogP contribution in [0.3, 0.4) is 0 Å². The molecule has 0 saturated heterocycles. The maximum atomic E-state index is 13.5. The van der Waals surface area contributed by atoms with Gasteiger partial charge in [-0.15, -0.1) is 0 Å². The zero-order valence-electron chi connectivity index (χ0n) is 19.0. The van der Waals surface area contributed by atoms with Crippen LogP contribution in [0.25, 0.3) is 11.3 Å². The Labute approximate surface area is 197 Å². The minimum atomic E-state index is -0.450. The van der Waals surface area contributed by atoms with Gasteiger partial charge in [0.1, 0.15) is 35.3 Å². The number of carbonyl (C=O) groups excluding carboxylic acids is 1. The van der Waals surface area contributed by atoms with Crippen molar-refractivity contribution < 1.29 is 19.1 Å². The van der Waals surface area contributed by atoms with Crippen LogP contribution in [0, 0.1) is 13.8 Å². The number of aromatic amines is 1. The van der Waals surface area contributed by atoms with E-state index in [1.807, 2.05) is 50.2 Å². The molecule has 2 aromatic carbocycles. The number of benzene rings is 2. The predicted octanol–water partition coefficient (Wildman–Crippen LogP) is 5.30. The number of phenolic OH excluding ortho intramolecular Hbond substituents is 1. The van der Waals surface area contributed by atoms with Crippen molar-refractivity contribution in [2.75, 3.05) is 6.61 Å². The van der Waals surface area contributed by atoms with Crippen LogP contribution in [0.4, 0.5) is 0 Å². The molecule has 1 aliphatic rings. The van der Waals surface area contributed by atoms with Crippen LogP contribution in [0.1, 0.15) is 44.5 Å². The van der Waals surface area contributed by atoms with Crippen molar-refractivity contribution in [1.29, 1.82) is 0 Å². The molecule has 0 bridgehead atoms. The lowest BCUT2D eigenvalue weighted by atomic mass is 9.93. The molecule has 0 unspecified atom stereocenters. The second-order valence-corrected chi connectivity index (χ2v) is 8.42. The molecule has 1 amide bonds. The van der Waals surface area contributed by atoms with E-state index >= 15 is 0 Å². The number of nitrogens with one attached hydrogen (secondary N) is 1. The van der Waals surface area contributed by atoms with E-state index in [9.17, 15) is 9.90 Å². The van der Waals surface area contributed by atoms with Gasteiger partial charge in [0.2, 0.25) is 0 Å². The third kappa shape index (κ3) is 3.65. The van der Waals surface area contributed by atoms with Crippen molar-refractivity contribution in [3.05, 3.63) is 101 Å². The molecule has 0 spiro atoms. The number of aromatic hydroxyl groups is 1. The average Bonchev–Trinajstić information content (AvgIpc) is 3.52. The summed E-state index contributed by atoms with van der Waals surface area (Å²) >= 11 is 0. The molecule has 7 nitrogen and oxygen atoms in total. The van der Waals surface area contributed by atoms with Crippen LogP contribution in [-0.4, -0.2) is 32.7 Å². The number of nitrogens with zero attached hydrogens (tertiary/aromatic N) is 2. The van der Waals surface area contributed by atoms with Crippen LogP contribution >= 0.6 is 0 Å². The molecule has 7 heteroatoms. The molecule has 0 saturated carbocycles. The smallest absolute Gasteiger partial charge is 0.273 e. The first kappa shape index (κ1) is 21.6. The fourth-order valence-corrected chi connectivity index (χ4v) is 4.65. The van der Waals surface area contributed by atoms with Crippen molar-refractivity contribution in [2.45, 2.75) is 26.4 Å². The van der Waals surface area contributed by atoms with E-state index in [0.29, 0.717) is 35.1 Å². The zero-order valence-corrected chi connectivity index (χ0v) is 19.0. The number of furan rings is 1. The Hall–Kier alpha value is -4.26. The van der Waals surface area contributed by atoms with E-state index in [4.69, 9.17) is 9.15 Å². The molecule has 172 valence electrons. The number of ether oxygens (including phenoxy) is 1. The second kappa shape index (κ2) is 8.59. The number of amides is 1. The van der Waals surface area contributed by atoms with E-state index in [2.05, 4.69) is 16.8 Å². The summed E-state index contributed by atoms with van der Waals surface area (Å²) in [7, 11) is 0. The highest BCUT2D eigenvalue weighted by Crippen LogP contribution is 2.46. The summed E-state index contributed by atoms with van der Waals surface area (Å²) in [5.41, 5.74) is 4.99. The predicted molar refractivity (Wildman–Crippen MR) is 128 cm³/mol. The molecular formula is C27H25N3O4. The number of carbonyl (C=O) groups is 1. The van der Waals surface area contributed by atoms with Crippen molar-refractivity contribution >= 4 is 5.91 Å². The first-order chi connectivity index (χ1) is 16.5. The van der Waals surface area contributed by atoms with Gasteiger partial charge >= 0.3 is 0 Å². The minimum Gasteiger partial charge on any atom is -0.507 e. The zero-order chi connectivity index (χ0) is 23.8. The van der Waals surface area contributed by atoms with Crippen LogP contribution in [-0.2, 0) is 6.54 Å². The van der Waals surface area contributed by atoms with Gasteiger partial charge in [-0.1, -0.05) is 30.9 Å². The molecule has 5 rings (SSSR count). The molecule has 34 heavy (non-hydrogen) atoms. The molecule has 0 fully saturated rings. The lowest BCUT2D eigenvalue weighted by Gasteiger charge is -2.26. The topological polar surface area (TPSA) is 91.6 Å². The van der Waals surface area contributed by atoms with Gasteiger partial charge < -0.3 is 19.2 Å². The van der Waals surface area contributed by atoms with Gasteiger partial charge in [0, 0.05) is 11.1 Å². The molecule has 0 aliphatic carbocycles. The lowest BCUT2D eigenvalue weighted by molar-refractivity contribution is 0.0716. The second-order valence-electron chi connectivity index (χ2n) is 8.42. The van der Waals surface area contributed by atoms with Gasteiger partial charge in [-0.25, -0.2) is 0 Å². The molecule has 0 radical (unpaired) electrons. The van der Waals surface area contributed by atoms with Crippen LogP contribution in [0.15, 0.2) is 71.9 Å². The van der Waals surface area contributed by atoms with E-state index in [0.717, 1.165) is 22.3 Å². The number of H-pyrrole nitrogens is 1. The molecule has 1 aliphatic heterocycles. The normalized spacial score (nSPS) is 14.9. The summed E-state index contributed by atoms with van der Waals surface area (Å²) in [6.07, 6.45) is 3.28. The summed E-state index contributed by atoms with van der Waals surface area (Å²) in [6.45, 7) is 8.23. The summed E-state index contributed by atoms with van der Waals surface area (Å²) in [5.74, 6) is 1.30. The average molecular weight is 456 g/mol. The van der Waals surface area contributed by atoms with Crippen LogP contribution in [0.2, 0.25) is 0 Å². The fraction of sp³-hybridized carbons (Fsp3) is 0.185. The van der Waals surface area contributed by atoms with E-state index in [-0.39, 0.29) is 18.2 Å². The first-order valence-electron chi connectivity index (χ1n) is 11.0. The minimum absolute atomic E-state index is 0.130. The van der Waals surface area contributed by atoms with Crippen molar-refractivity contribution in [1.82, 2.24) is 15.1 Å². The summed E-state index contributed by atoms with van der Waals surface area (Å²) < 4.78 is 11.3. The highest BCUT2D eigenvalue weighted by molar-refractivity contribution is 6.00.